The van der Waals surface area contributed by atoms with Crippen LogP contribution in [0.3, 0.4) is 0 Å². The number of hydrogen-bond donors (Lipinski definition) is 0. The number of carbonyl (C=O) groups excluding carboxylic acids is 1. The van der Waals surface area contributed by atoms with Crippen molar-refractivity contribution in [1.29, 1.82) is 0 Å². The van der Waals surface area contributed by atoms with Crippen molar-refractivity contribution in [2.24, 2.45) is 0 Å². The van der Waals surface area contributed by atoms with E-state index in [0.29, 0.717) is 13.0 Å². The SMILES string of the molecule is COCCc1nnc2n1C[C@H]1CC[C@@H](C2)N1C(=O)Cc1cccc(C)c1. The van der Waals surface area contributed by atoms with Gasteiger partial charge in [0.05, 0.1) is 19.1 Å². The summed E-state index contributed by atoms with van der Waals surface area (Å²) < 4.78 is 7.41. The zero-order valence-electron chi connectivity index (χ0n) is 15.5. The Bertz CT molecular complexity index is 801. The van der Waals surface area contributed by atoms with Crippen molar-refractivity contribution in [3.05, 3.63) is 47.0 Å². The highest BCUT2D eigenvalue weighted by atomic mass is 16.5. The second-order valence-electron chi connectivity index (χ2n) is 7.44. The molecule has 2 aromatic rings. The minimum Gasteiger partial charge on any atom is -0.384 e. The summed E-state index contributed by atoms with van der Waals surface area (Å²) in [6.07, 6.45) is 4.16. The second-order valence-corrected chi connectivity index (χ2v) is 7.44. The molecule has 1 saturated heterocycles. The molecule has 0 aliphatic carbocycles. The Labute approximate surface area is 154 Å². The van der Waals surface area contributed by atoms with Gasteiger partial charge in [-0.25, -0.2) is 0 Å². The second kappa shape index (κ2) is 7.19. The summed E-state index contributed by atoms with van der Waals surface area (Å²) in [5, 5.41) is 8.75. The number of aryl methyl sites for hydroxylation is 1. The zero-order valence-corrected chi connectivity index (χ0v) is 15.5. The van der Waals surface area contributed by atoms with Crippen LogP contribution in [-0.4, -0.2) is 51.4 Å². The van der Waals surface area contributed by atoms with Crippen molar-refractivity contribution in [3.8, 4) is 0 Å². The molecule has 138 valence electrons. The monoisotopic (exact) mass is 354 g/mol. The third-order valence-electron chi connectivity index (χ3n) is 5.59. The van der Waals surface area contributed by atoms with Gasteiger partial charge >= 0.3 is 0 Å². The molecule has 1 aromatic carbocycles. The van der Waals surface area contributed by atoms with E-state index >= 15 is 0 Å². The van der Waals surface area contributed by atoms with Gasteiger partial charge in [0.1, 0.15) is 11.6 Å². The predicted octanol–water partition coefficient (Wildman–Crippen LogP) is 1.93. The maximum Gasteiger partial charge on any atom is 0.227 e. The summed E-state index contributed by atoms with van der Waals surface area (Å²) in [6, 6.07) is 8.74. The Balaban J connectivity index is 1.52. The summed E-state index contributed by atoms with van der Waals surface area (Å²) in [5.41, 5.74) is 2.29. The Morgan fingerprint density at radius 3 is 2.92 bits per heavy atom. The highest BCUT2D eigenvalue weighted by Crippen LogP contribution is 2.32. The van der Waals surface area contributed by atoms with E-state index in [-0.39, 0.29) is 18.0 Å². The average Bonchev–Trinajstić information content (AvgIpc) is 3.12. The van der Waals surface area contributed by atoms with Crippen LogP contribution >= 0.6 is 0 Å². The molecule has 0 spiro atoms. The smallest absolute Gasteiger partial charge is 0.227 e. The number of nitrogens with zero attached hydrogens (tertiary/aromatic N) is 4. The molecule has 0 N–H and O–H groups in total. The first-order valence-electron chi connectivity index (χ1n) is 9.42. The van der Waals surface area contributed by atoms with Crippen molar-refractivity contribution in [3.63, 3.8) is 0 Å². The van der Waals surface area contributed by atoms with Crippen LogP contribution in [0.5, 0.6) is 0 Å². The van der Waals surface area contributed by atoms with Crippen LogP contribution in [0.1, 0.15) is 35.6 Å². The standard InChI is InChI=1S/C20H26N4O2/c1-14-4-3-5-15(10-14)11-20(25)24-16-6-7-17(24)13-23-18(8-9-26-2)21-22-19(23)12-16/h3-5,10,16-17H,6-9,11-13H2,1-2H3/t16-,17+/m0/s1. The van der Waals surface area contributed by atoms with Gasteiger partial charge < -0.3 is 14.2 Å². The topological polar surface area (TPSA) is 60.3 Å². The van der Waals surface area contributed by atoms with Crippen molar-refractivity contribution in [2.45, 2.75) is 57.7 Å². The van der Waals surface area contributed by atoms with Crippen molar-refractivity contribution < 1.29 is 9.53 Å². The Hall–Kier alpha value is -2.21. The molecule has 3 heterocycles. The van der Waals surface area contributed by atoms with Gasteiger partial charge in [0.25, 0.3) is 0 Å². The summed E-state index contributed by atoms with van der Waals surface area (Å²) in [6.45, 7) is 3.51. The van der Waals surface area contributed by atoms with Crippen LogP contribution in [0.2, 0.25) is 0 Å². The Kier molecular flexibility index (Phi) is 4.76. The van der Waals surface area contributed by atoms with Gasteiger partial charge in [-0.2, -0.15) is 0 Å². The number of amides is 1. The summed E-state index contributed by atoms with van der Waals surface area (Å²) in [4.78, 5) is 15.2. The van der Waals surface area contributed by atoms with Gasteiger partial charge in [-0.3, -0.25) is 4.79 Å². The molecule has 2 atom stereocenters. The molecule has 0 unspecified atom stereocenters. The Morgan fingerprint density at radius 2 is 2.12 bits per heavy atom. The van der Waals surface area contributed by atoms with E-state index in [4.69, 9.17) is 4.74 Å². The maximum atomic E-state index is 13.1. The number of rotatable bonds is 5. The lowest BCUT2D eigenvalue weighted by molar-refractivity contribution is -0.133. The number of ether oxygens (including phenoxy) is 1. The summed E-state index contributed by atoms with van der Waals surface area (Å²) >= 11 is 0. The molecule has 2 aliphatic heterocycles. The van der Waals surface area contributed by atoms with E-state index in [1.54, 1.807) is 7.11 Å². The molecule has 2 bridgehead atoms. The molecule has 6 nitrogen and oxygen atoms in total. The number of benzene rings is 1. The molecule has 2 aliphatic rings. The van der Waals surface area contributed by atoms with Crippen LogP contribution in [0, 0.1) is 6.92 Å². The number of fused-ring (bicyclic) bond motifs is 3. The maximum absolute atomic E-state index is 13.1. The largest absolute Gasteiger partial charge is 0.384 e. The fraction of sp³-hybridized carbons (Fsp3) is 0.550. The first-order valence-corrected chi connectivity index (χ1v) is 9.42. The number of methoxy groups -OCH3 is 1. The number of carbonyl (C=O) groups is 1. The number of hydrogen-bond acceptors (Lipinski definition) is 4. The van der Waals surface area contributed by atoms with E-state index < -0.39 is 0 Å². The average molecular weight is 354 g/mol. The summed E-state index contributed by atoms with van der Waals surface area (Å²) in [7, 11) is 1.70. The lowest BCUT2D eigenvalue weighted by Gasteiger charge is -2.28. The van der Waals surface area contributed by atoms with Crippen molar-refractivity contribution in [1.82, 2.24) is 19.7 Å². The van der Waals surface area contributed by atoms with E-state index in [1.807, 2.05) is 12.1 Å². The van der Waals surface area contributed by atoms with Gasteiger partial charge in [-0.1, -0.05) is 29.8 Å². The summed E-state index contributed by atoms with van der Waals surface area (Å²) in [5.74, 6) is 2.22. The molecule has 1 fully saturated rings. The fourth-order valence-electron chi connectivity index (χ4n) is 4.37. The molecular weight excluding hydrogens is 328 g/mol. The van der Waals surface area contributed by atoms with Gasteiger partial charge in [0.2, 0.25) is 5.91 Å². The van der Waals surface area contributed by atoms with Crippen LogP contribution in [0.4, 0.5) is 0 Å². The molecule has 1 aromatic heterocycles. The minimum absolute atomic E-state index is 0.236. The van der Waals surface area contributed by atoms with E-state index in [0.717, 1.165) is 49.4 Å². The number of aromatic nitrogens is 3. The fourth-order valence-corrected chi connectivity index (χ4v) is 4.37. The van der Waals surface area contributed by atoms with Crippen molar-refractivity contribution >= 4 is 5.91 Å². The zero-order chi connectivity index (χ0) is 18.1. The Morgan fingerprint density at radius 1 is 1.27 bits per heavy atom. The van der Waals surface area contributed by atoms with Crippen molar-refractivity contribution in [2.75, 3.05) is 13.7 Å². The molecule has 6 heteroatoms. The quantitative estimate of drug-likeness (QED) is 0.823. The molecule has 4 rings (SSSR count). The lowest BCUT2D eigenvalue weighted by Crippen LogP contribution is -2.43. The molecule has 0 radical (unpaired) electrons. The van der Waals surface area contributed by atoms with Gasteiger partial charge in [0.15, 0.2) is 0 Å². The minimum atomic E-state index is 0.236. The molecule has 26 heavy (non-hydrogen) atoms. The normalized spacial score (nSPS) is 21.5. The highest BCUT2D eigenvalue weighted by molar-refractivity contribution is 5.80. The predicted molar refractivity (Wildman–Crippen MR) is 97.8 cm³/mol. The lowest BCUT2D eigenvalue weighted by atomic mass is 10.1. The third-order valence-corrected chi connectivity index (χ3v) is 5.59. The van der Waals surface area contributed by atoms with Crippen LogP contribution in [-0.2, 0) is 35.3 Å². The van der Waals surface area contributed by atoms with Crippen LogP contribution in [0.25, 0.3) is 0 Å². The van der Waals surface area contributed by atoms with Gasteiger partial charge in [0, 0.05) is 32.5 Å². The third kappa shape index (κ3) is 3.26. The first kappa shape index (κ1) is 17.2. The first-order chi connectivity index (χ1) is 12.7. The van der Waals surface area contributed by atoms with Gasteiger partial charge in [-0.05, 0) is 25.3 Å². The van der Waals surface area contributed by atoms with E-state index in [2.05, 4.69) is 38.7 Å². The molecular formula is C20H26N4O2. The van der Waals surface area contributed by atoms with Crippen LogP contribution in [0.15, 0.2) is 24.3 Å². The molecule has 0 saturated carbocycles. The van der Waals surface area contributed by atoms with Crippen LogP contribution < -0.4 is 0 Å². The van der Waals surface area contributed by atoms with Gasteiger partial charge in [-0.15, -0.1) is 10.2 Å². The van der Waals surface area contributed by atoms with E-state index in [9.17, 15) is 4.79 Å². The van der Waals surface area contributed by atoms with E-state index in [1.165, 1.54) is 5.56 Å². The highest BCUT2D eigenvalue weighted by Gasteiger charge is 2.40. The molecule has 1 amide bonds.